The first-order valence-corrected chi connectivity index (χ1v) is 7.72. The van der Waals surface area contributed by atoms with Gasteiger partial charge in [0.25, 0.3) is 0 Å². The lowest BCUT2D eigenvalue weighted by Crippen LogP contribution is -2.38. The quantitative estimate of drug-likeness (QED) is 0.371. The van der Waals surface area contributed by atoms with Crippen molar-refractivity contribution < 1.29 is 23.1 Å². The molecule has 0 spiro atoms. The number of rotatable bonds is 1. The number of ether oxygens (including phenoxy) is 1. The molecule has 2 aliphatic rings. The zero-order valence-electron chi connectivity index (χ0n) is 11.7. The van der Waals surface area contributed by atoms with Crippen molar-refractivity contribution >= 4 is 26.8 Å². The predicted molar refractivity (Wildman–Crippen MR) is 81.4 cm³/mol. The van der Waals surface area contributed by atoms with Gasteiger partial charge in [0.05, 0.1) is 13.2 Å². The van der Waals surface area contributed by atoms with Crippen molar-refractivity contribution in [1.29, 1.82) is 0 Å². The first-order chi connectivity index (χ1) is 10.5. The molecule has 1 amide bonds. The molecular weight excluding hydrogens is 310 g/mol. The van der Waals surface area contributed by atoms with E-state index in [2.05, 4.69) is 10.6 Å². The average molecular weight is 327 g/mol. The Morgan fingerprint density at radius 2 is 2.00 bits per heavy atom. The highest BCUT2D eigenvalue weighted by atomic mass is 32.2. The van der Waals surface area contributed by atoms with E-state index in [1.165, 1.54) is 18.2 Å². The summed E-state index contributed by atoms with van der Waals surface area (Å²) >= 11 is 0. The number of morpholine rings is 1. The molecule has 1 atom stereocenters. The zero-order valence-corrected chi connectivity index (χ0v) is 12.5. The Labute approximate surface area is 128 Å². The predicted octanol–water partition coefficient (Wildman–Crippen LogP) is -1.32. The molecule has 1 aromatic carbocycles. The number of primary amides is 1. The second-order valence-corrected chi connectivity index (χ2v) is 5.58. The molecule has 9 heteroatoms. The van der Waals surface area contributed by atoms with Crippen LogP contribution in [0.4, 0.5) is 5.69 Å². The van der Waals surface area contributed by atoms with Crippen LogP contribution in [0.2, 0.25) is 0 Å². The van der Waals surface area contributed by atoms with Gasteiger partial charge in [-0.15, -0.1) is 0 Å². The fraction of sp³-hybridized carbons (Fsp3) is 0.385. The van der Waals surface area contributed by atoms with Crippen LogP contribution in [0, 0.1) is 0 Å². The Morgan fingerprint density at radius 3 is 2.45 bits per heavy atom. The Hall–Kier alpha value is -2.10. The maximum atomic E-state index is 11.1. The van der Waals surface area contributed by atoms with Gasteiger partial charge >= 0.3 is 0 Å². The molecule has 5 N–H and O–H groups in total. The number of nitrogens with two attached hydrogens (primary N) is 1. The van der Waals surface area contributed by atoms with Gasteiger partial charge in [-0.3, -0.25) is 4.79 Å². The maximum Gasteiger partial charge on any atom is 0.245 e. The van der Waals surface area contributed by atoms with Gasteiger partial charge in [0.15, 0.2) is 0 Å². The molecule has 0 saturated carbocycles. The molecule has 22 heavy (non-hydrogen) atoms. The van der Waals surface area contributed by atoms with E-state index in [1.807, 2.05) is 0 Å². The molecule has 120 valence electrons. The molecule has 1 aromatic rings. The number of aromatic hydroxyl groups is 1. The molecule has 0 radical (unpaired) electrons. The summed E-state index contributed by atoms with van der Waals surface area (Å²) in [6, 6.07) is 3.08. The molecule has 8 nitrogen and oxygen atoms in total. The first-order valence-electron chi connectivity index (χ1n) is 6.64. The number of hydrogen-bond donors (Lipinski definition) is 4. The summed E-state index contributed by atoms with van der Waals surface area (Å²) in [5.41, 5.74) is 5.82. The second-order valence-electron chi connectivity index (χ2n) is 4.67. The van der Waals surface area contributed by atoms with Gasteiger partial charge in [-0.1, -0.05) is 0 Å². The standard InChI is InChI=1S/C9H8N2O4S.C4H9NO/c10-9(13)7-8(16(14)15)5-3-4(12)1-2-6(5)11-7;1-3-6-4-2-5-1/h1-3,7,11-12H,(H2,10,13);5H,1-4H2. The summed E-state index contributed by atoms with van der Waals surface area (Å²) < 4.78 is 27.1. The highest BCUT2D eigenvalue weighted by Crippen LogP contribution is 2.29. The smallest absolute Gasteiger partial charge is 0.245 e. The average Bonchev–Trinajstić information content (AvgIpc) is 2.88. The van der Waals surface area contributed by atoms with Gasteiger partial charge in [0, 0.05) is 24.3 Å². The number of hydrogen-bond acceptors (Lipinski definition) is 7. The molecule has 1 unspecified atom stereocenters. The summed E-state index contributed by atoms with van der Waals surface area (Å²) in [5.74, 6) is -0.858. The van der Waals surface area contributed by atoms with E-state index in [4.69, 9.17) is 10.5 Å². The van der Waals surface area contributed by atoms with Crippen LogP contribution in [0.5, 0.6) is 5.75 Å². The van der Waals surface area contributed by atoms with Crippen LogP contribution in [-0.2, 0) is 19.8 Å². The van der Waals surface area contributed by atoms with E-state index in [-0.39, 0.29) is 16.2 Å². The minimum Gasteiger partial charge on any atom is -0.508 e. The van der Waals surface area contributed by atoms with Gasteiger partial charge in [0.2, 0.25) is 16.2 Å². The Balaban J connectivity index is 0.000000246. The number of phenols is 1. The van der Waals surface area contributed by atoms with Crippen LogP contribution in [0.15, 0.2) is 18.2 Å². The topological polar surface area (TPSA) is 131 Å². The summed E-state index contributed by atoms with van der Waals surface area (Å²) in [6.07, 6.45) is 0. The third-order valence-electron chi connectivity index (χ3n) is 3.14. The SMILES string of the molecule is C1COCCN1.NC(=O)C1Nc2ccc(O)cc2C1=S(=O)=O. The molecule has 1 saturated heterocycles. The lowest BCUT2D eigenvalue weighted by molar-refractivity contribution is -0.117. The van der Waals surface area contributed by atoms with Crippen LogP contribution in [0.3, 0.4) is 0 Å². The monoisotopic (exact) mass is 327 g/mol. The van der Waals surface area contributed by atoms with Crippen LogP contribution < -0.4 is 16.4 Å². The van der Waals surface area contributed by atoms with Crippen molar-refractivity contribution in [2.75, 3.05) is 31.6 Å². The largest absolute Gasteiger partial charge is 0.508 e. The van der Waals surface area contributed by atoms with E-state index >= 15 is 0 Å². The van der Waals surface area contributed by atoms with E-state index in [0.717, 1.165) is 26.3 Å². The van der Waals surface area contributed by atoms with Gasteiger partial charge in [-0.2, -0.15) is 8.42 Å². The number of nitrogens with one attached hydrogen (secondary N) is 2. The fourth-order valence-corrected chi connectivity index (χ4v) is 2.86. The van der Waals surface area contributed by atoms with Gasteiger partial charge in [-0.05, 0) is 18.2 Å². The Morgan fingerprint density at radius 1 is 1.32 bits per heavy atom. The first kappa shape index (κ1) is 16.3. The normalized spacial score (nSPS) is 19.5. The number of fused-ring (bicyclic) bond motifs is 1. The summed E-state index contributed by atoms with van der Waals surface area (Å²) in [4.78, 5) is 10.9. The number of carbonyl (C=O) groups excluding carboxylic acids is 1. The molecule has 3 rings (SSSR count). The van der Waals surface area contributed by atoms with E-state index < -0.39 is 22.2 Å². The molecule has 0 aliphatic carbocycles. The van der Waals surface area contributed by atoms with Crippen molar-refractivity contribution in [3.8, 4) is 5.75 Å². The summed E-state index contributed by atoms with van der Waals surface area (Å²) in [6.45, 7) is 3.83. The number of anilines is 1. The van der Waals surface area contributed by atoms with Gasteiger partial charge in [-0.25, -0.2) is 0 Å². The zero-order chi connectivity index (χ0) is 16.1. The lowest BCUT2D eigenvalue weighted by atomic mass is 10.1. The van der Waals surface area contributed by atoms with Crippen LogP contribution in [0.25, 0.3) is 0 Å². The maximum absolute atomic E-state index is 11.1. The molecule has 2 aliphatic heterocycles. The van der Waals surface area contributed by atoms with Crippen molar-refractivity contribution in [2.24, 2.45) is 5.73 Å². The van der Waals surface area contributed by atoms with E-state index in [9.17, 15) is 18.3 Å². The fourth-order valence-electron chi connectivity index (χ4n) is 2.14. The van der Waals surface area contributed by atoms with Crippen molar-refractivity contribution in [1.82, 2.24) is 5.32 Å². The summed E-state index contributed by atoms with van der Waals surface area (Å²) in [7, 11) is -2.57. The highest BCUT2D eigenvalue weighted by molar-refractivity contribution is 7.73. The minimum atomic E-state index is -2.57. The van der Waals surface area contributed by atoms with E-state index in [0.29, 0.717) is 5.69 Å². The van der Waals surface area contributed by atoms with Crippen LogP contribution in [0.1, 0.15) is 5.56 Å². The highest BCUT2D eigenvalue weighted by Gasteiger charge is 2.33. The Bertz CT molecular complexity index is 678. The second kappa shape index (κ2) is 7.25. The van der Waals surface area contributed by atoms with Gasteiger partial charge < -0.3 is 26.2 Å². The number of amides is 1. The van der Waals surface area contributed by atoms with E-state index in [1.54, 1.807) is 0 Å². The third-order valence-corrected chi connectivity index (χ3v) is 3.96. The van der Waals surface area contributed by atoms with Crippen molar-refractivity contribution in [3.05, 3.63) is 23.8 Å². The molecule has 1 fully saturated rings. The molecule has 2 heterocycles. The Kier molecular flexibility index (Phi) is 5.36. The number of phenolic OH excluding ortho intramolecular Hbond substituents is 1. The summed E-state index contributed by atoms with van der Waals surface area (Å²) in [5, 5.41) is 15.1. The third kappa shape index (κ3) is 3.75. The minimum absolute atomic E-state index is 0.0754. The molecular formula is C13H17N3O5S. The van der Waals surface area contributed by atoms with Crippen LogP contribution in [-0.4, -0.2) is 56.6 Å². The molecule has 0 bridgehead atoms. The molecule has 0 aromatic heterocycles. The lowest BCUT2D eigenvalue weighted by Gasteiger charge is -2.10. The van der Waals surface area contributed by atoms with Crippen molar-refractivity contribution in [3.63, 3.8) is 0 Å². The van der Waals surface area contributed by atoms with Crippen LogP contribution >= 0.6 is 0 Å². The van der Waals surface area contributed by atoms with Crippen molar-refractivity contribution in [2.45, 2.75) is 6.04 Å². The van der Waals surface area contributed by atoms with Gasteiger partial charge in [0.1, 0.15) is 16.7 Å². The number of carbonyl (C=O) groups is 1. The number of benzene rings is 1.